The number of aliphatic hydroxyl groups is 1. The van der Waals surface area contributed by atoms with Crippen molar-refractivity contribution in [2.24, 2.45) is 0 Å². The smallest absolute Gasteiger partial charge is 0.227 e. The zero-order chi connectivity index (χ0) is 23.2. The van der Waals surface area contributed by atoms with Crippen LogP contribution >= 0.6 is 0 Å². The van der Waals surface area contributed by atoms with Crippen molar-refractivity contribution in [2.45, 2.75) is 6.04 Å². The topological polar surface area (TPSA) is 114 Å². The van der Waals surface area contributed by atoms with Gasteiger partial charge in [0.15, 0.2) is 11.5 Å². The molecule has 33 heavy (non-hydrogen) atoms. The summed E-state index contributed by atoms with van der Waals surface area (Å²) in [6.07, 6.45) is 3.50. The molecule has 10 heteroatoms. The summed E-state index contributed by atoms with van der Waals surface area (Å²) in [5, 5.41) is 15.9. The van der Waals surface area contributed by atoms with Crippen molar-refractivity contribution < 1.29 is 19.3 Å². The number of pyridine rings is 1. The summed E-state index contributed by atoms with van der Waals surface area (Å²) in [6.45, 7) is 2.49. The maximum Gasteiger partial charge on any atom is 0.227 e. The maximum atomic E-state index is 9.42. The highest BCUT2D eigenvalue weighted by Gasteiger charge is 2.19. The van der Waals surface area contributed by atoms with Crippen molar-refractivity contribution in [1.82, 2.24) is 20.3 Å². The summed E-state index contributed by atoms with van der Waals surface area (Å²) in [4.78, 5) is 15.7. The lowest BCUT2D eigenvalue weighted by Crippen LogP contribution is -2.52. The molecule has 4 rings (SSSR count). The molecule has 1 aliphatic heterocycles. The highest BCUT2D eigenvalue weighted by molar-refractivity contribution is 5.67. The number of aromatic nitrogens is 3. The van der Waals surface area contributed by atoms with Gasteiger partial charge in [-0.25, -0.2) is 15.0 Å². The third-order valence-corrected chi connectivity index (χ3v) is 5.42. The van der Waals surface area contributed by atoms with E-state index in [1.807, 2.05) is 18.2 Å². The molecule has 0 amide bonds. The van der Waals surface area contributed by atoms with Crippen LogP contribution in [0.4, 0.5) is 17.5 Å². The number of anilines is 3. The van der Waals surface area contributed by atoms with Crippen LogP contribution in [0.15, 0.2) is 42.7 Å². The fraction of sp³-hybridized carbons (Fsp3) is 0.348. The van der Waals surface area contributed by atoms with Gasteiger partial charge >= 0.3 is 0 Å². The van der Waals surface area contributed by atoms with Crippen LogP contribution in [0.1, 0.15) is 0 Å². The lowest BCUT2D eigenvalue weighted by molar-refractivity contribution is 0.235. The van der Waals surface area contributed by atoms with Gasteiger partial charge in [-0.1, -0.05) is 0 Å². The van der Waals surface area contributed by atoms with Crippen LogP contribution in [0.25, 0.3) is 11.3 Å². The molecule has 3 heterocycles. The van der Waals surface area contributed by atoms with Crippen LogP contribution in [0.2, 0.25) is 0 Å². The second kappa shape index (κ2) is 10.3. The normalized spacial score (nSPS) is 15.8. The van der Waals surface area contributed by atoms with Gasteiger partial charge in [-0.3, -0.25) is 0 Å². The summed E-state index contributed by atoms with van der Waals surface area (Å²) in [7, 11) is 4.70. The van der Waals surface area contributed by atoms with Crippen molar-refractivity contribution in [2.75, 3.05) is 57.8 Å². The van der Waals surface area contributed by atoms with Crippen LogP contribution < -0.4 is 29.7 Å². The molecule has 3 aromatic rings. The van der Waals surface area contributed by atoms with E-state index in [0.29, 0.717) is 28.9 Å². The van der Waals surface area contributed by atoms with Crippen molar-refractivity contribution in [3.8, 4) is 28.5 Å². The molecule has 0 spiro atoms. The molecule has 1 aliphatic rings. The molecule has 0 bridgehead atoms. The molecule has 1 aromatic carbocycles. The zero-order valence-electron chi connectivity index (χ0n) is 18.9. The van der Waals surface area contributed by atoms with E-state index < -0.39 is 0 Å². The lowest BCUT2D eigenvalue weighted by Gasteiger charge is -2.33. The summed E-state index contributed by atoms with van der Waals surface area (Å²) in [6, 6.07) is 9.45. The number of rotatable bonds is 8. The minimum atomic E-state index is 0.0610. The molecule has 1 fully saturated rings. The Labute approximate surface area is 192 Å². The van der Waals surface area contributed by atoms with Gasteiger partial charge in [0.1, 0.15) is 5.82 Å². The molecule has 1 saturated heterocycles. The fourth-order valence-electron chi connectivity index (χ4n) is 3.74. The largest absolute Gasteiger partial charge is 0.493 e. The Morgan fingerprint density at radius 1 is 1.09 bits per heavy atom. The van der Waals surface area contributed by atoms with E-state index in [-0.39, 0.29) is 12.6 Å². The molecule has 1 atom stereocenters. The highest BCUT2D eigenvalue weighted by atomic mass is 16.5. The van der Waals surface area contributed by atoms with Gasteiger partial charge in [-0.15, -0.1) is 0 Å². The van der Waals surface area contributed by atoms with E-state index in [4.69, 9.17) is 14.2 Å². The molecule has 1 unspecified atom stereocenters. The molecular formula is C23H28N6O4. The third-order valence-electron chi connectivity index (χ3n) is 5.42. The molecule has 174 valence electrons. The van der Waals surface area contributed by atoms with E-state index in [2.05, 4.69) is 30.5 Å². The molecule has 2 aromatic heterocycles. The Kier molecular flexibility index (Phi) is 7.06. The Balaban J connectivity index is 1.53. The van der Waals surface area contributed by atoms with Crippen LogP contribution in [0.5, 0.6) is 17.2 Å². The Bertz CT molecular complexity index is 1050. The number of nitrogens with one attached hydrogen (secondary N) is 2. The number of ether oxygens (including phenoxy) is 3. The molecule has 0 radical (unpaired) electrons. The highest BCUT2D eigenvalue weighted by Crippen LogP contribution is 2.40. The van der Waals surface area contributed by atoms with Gasteiger partial charge < -0.3 is 34.9 Å². The predicted octanol–water partition coefficient (Wildman–Crippen LogP) is 2.08. The van der Waals surface area contributed by atoms with Crippen LogP contribution in [0.3, 0.4) is 0 Å². The predicted molar refractivity (Wildman–Crippen MR) is 126 cm³/mol. The van der Waals surface area contributed by atoms with Gasteiger partial charge in [0.25, 0.3) is 0 Å². The van der Waals surface area contributed by atoms with Crippen LogP contribution in [0, 0.1) is 0 Å². The van der Waals surface area contributed by atoms with Crippen molar-refractivity contribution >= 4 is 17.5 Å². The first-order valence-electron chi connectivity index (χ1n) is 10.6. The number of hydrogen-bond donors (Lipinski definition) is 3. The van der Waals surface area contributed by atoms with Gasteiger partial charge in [0.2, 0.25) is 11.7 Å². The van der Waals surface area contributed by atoms with Crippen molar-refractivity contribution in [3.63, 3.8) is 0 Å². The molecule has 0 saturated carbocycles. The second-order valence-electron chi connectivity index (χ2n) is 7.49. The molecular weight excluding hydrogens is 424 g/mol. The van der Waals surface area contributed by atoms with E-state index >= 15 is 0 Å². The van der Waals surface area contributed by atoms with Gasteiger partial charge in [0, 0.05) is 61.5 Å². The van der Waals surface area contributed by atoms with E-state index in [1.54, 1.807) is 45.9 Å². The van der Waals surface area contributed by atoms with E-state index in [1.165, 1.54) is 0 Å². The van der Waals surface area contributed by atoms with Gasteiger partial charge in [0.05, 0.1) is 33.6 Å². The Morgan fingerprint density at radius 3 is 2.52 bits per heavy atom. The minimum Gasteiger partial charge on any atom is -0.493 e. The quantitative estimate of drug-likeness (QED) is 0.469. The average Bonchev–Trinajstić information content (AvgIpc) is 2.88. The van der Waals surface area contributed by atoms with E-state index in [9.17, 15) is 5.11 Å². The molecule has 0 aliphatic carbocycles. The molecule has 10 nitrogen and oxygen atoms in total. The van der Waals surface area contributed by atoms with Crippen molar-refractivity contribution in [3.05, 3.63) is 42.7 Å². The maximum absolute atomic E-state index is 9.42. The monoisotopic (exact) mass is 452 g/mol. The summed E-state index contributed by atoms with van der Waals surface area (Å²) >= 11 is 0. The summed E-state index contributed by atoms with van der Waals surface area (Å²) < 4.78 is 16.2. The van der Waals surface area contributed by atoms with Crippen LogP contribution in [-0.4, -0.2) is 73.7 Å². The number of methoxy groups -OCH3 is 3. The second-order valence-corrected chi connectivity index (χ2v) is 7.49. The molecule has 3 N–H and O–H groups in total. The van der Waals surface area contributed by atoms with Gasteiger partial charge in [-0.05, 0) is 18.2 Å². The Morgan fingerprint density at radius 2 is 1.88 bits per heavy atom. The first kappa shape index (κ1) is 22.6. The number of hydrogen-bond acceptors (Lipinski definition) is 10. The number of piperazine rings is 1. The lowest BCUT2D eigenvalue weighted by atomic mass is 10.2. The summed E-state index contributed by atoms with van der Waals surface area (Å²) in [5.41, 5.74) is 2.32. The first-order valence-corrected chi connectivity index (χ1v) is 10.6. The van der Waals surface area contributed by atoms with Crippen molar-refractivity contribution in [1.29, 1.82) is 0 Å². The third kappa shape index (κ3) is 5.07. The SMILES string of the molecule is COc1cc(Nc2nccc(-c3ccc(N4CCNC(CO)C4)nc3)n2)cc(OC)c1OC. The van der Waals surface area contributed by atoms with Gasteiger partial charge in [-0.2, -0.15) is 0 Å². The standard InChI is InChI=1S/C23H28N6O4/c1-31-19-10-16(11-20(32-2)22(19)33-3)27-23-25-7-6-18(28-23)15-4-5-21(26-12-15)29-9-8-24-17(13-29)14-30/h4-7,10-12,17,24,30H,8-9,13-14H2,1-3H3,(H,25,27,28). The zero-order valence-corrected chi connectivity index (χ0v) is 18.9. The minimum absolute atomic E-state index is 0.0610. The number of benzene rings is 1. The first-order chi connectivity index (χ1) is 16.1. The van der Waals surface area contributed by atoms with Crippen LogP contribution in [-0.2, 0) is 0 Å². The Hall–Kier alpha value is -3.63. The summed E-state index contributed by atoms with van der Waals surface area (Å²) in [5.74, 6) is 2.89. The van der Waals surface area contributed by atoms with E-state index in [0.717, 1.165) is 36.7 Å². The number of aliphatic hydroxyl groups excluding tert-OH is 1. The number of nitrogens with zero attached hydrogens (tertiary/aromatic N) is 4. The average molecular weight is 453 g/mol. The fourth-order valence-corrected chi connectivity index (χ4v) is 3.74.